The molecule has 0 unspecified atom stereocenters. The van der Waals surface area contributed by atoms with Crippen molar-refractivity contribution in [3.05, 3.63) is 58.8 Å². The average Bonchev–Trinajstić information content (AvgIpc) is 2.52. The Hall–Kier alpha value is -2.69. The maximum Gasteiger partial charge on any atom is 0.339 e. The van der Waals surface area contributed by atoms with Gasteiger partial charge in [0.2, 0.25) is 0 Å². The zero-order valence-electron chi connectivity index (χ0n) is 16.2. The van der Waals surface area contributed by atoms with Gasteiger partial charge in [0.1, 0.15) is 11.4 Å². The third-order valence-corrected chi connectivity index (χ3v) is 3.70. The van der Waals surface area contributed by atoms with E-state index in [1.54, 1.807) is 39.0 Å². The normalized spacial score (nSPS) is 11.3. The molecule has 1 heterocycles. The summed E-state index contributed by atoms with van der Waals surface area (Å²) in [6, 6.07) is 10.6. The van der Waals surface area contributed by atoms with Gasteiger partial charge in [-0.25, -0.2) is 9.78 Å². The monoisotopic (exact) mass is 354 g/mol. The number of hydrogen-bond acceptors (Lipinski definition) is 4. The van der Waals surface area contributed by atoms with Gasteiger partial charge in [0.25, 0.3) is 5.91 Å². The van der Waals surface area contributed by atoms with Crippen molar-refractivity contribution >= 4 is 17.7 Å². The molecule has 5 nitrogen and oxygen atoms in total. The largest absolute Gasteiger partial charge is 0.456 e. The molecule has 0 aliphatic rings. The minimum absolute atomic E-state index is 0.228. The fraction of sp³-hybridized carbons (Fsp3) is 0.381. The molecule has 1 aromatic carbocycles. The highest BCUT2D eigenvalue weighted by molar-refractivity contribution is 6.10. The Morgan fingerprint density at radius 1 is 1.08 bits per heavy atom. The summed E-state index contributed by atoms with van der Waals surface area (Å²) in [5, 5.41) is 2.75. The lowest BCUT2D eigenvalue weighted by atomic mass is 9.96. The lowest BCUT2D eigenvalue weighted by molar-refractivity contribution is 0.00677. The van der Waals surface area contributed by atoms with Gasteiger partial charge in [-0.2, -0.15) is 0 Å². The quantitative estimate of drug-likeness (QED) is 0.807. The van der Waals surface area contributed by atoms with Crippen LogP contribution >= 0.6 is 0 Å². The first-order chi connectivity index (χ1) is 12.1. The van der Waals surface area contributed by atoms with E-state index < -0.39 is 11.6 Å². The van der Waals surface area contributed by atoms with E-state index >= 15 is 0 Å². The number of ether oxygens (including phenoxy) is 1. The van der Waals surface area contributed by atoms with Gasteiger partial charge in [-0.3, -0.25) is 4.79 Å². The highest BCUT2D eigenvalue weighted by Crippen LogP contribution is 2.22. The molecule has 0 fully saturated rings. The van der Waals surface area contributed by atoms with Crippen LogP contribution < -0.4 is 5.32 Å². The second-order valence-corrected chi connectivity index (χ2v) is 7.58. The standard InChI is InChI=1S/C21H26N2O3/c1-13(2)15-10-11-16(17(12-15)20(25)26-21(4,5)6)19(24)23-18-9-7-8-14(3)22-18/h7-13H,1-6H3,(H,22,23,24). The lowest BCUT2D eigenvalue weighted by Crippen LogP contribution is -2.26. The van der Waals surface area contributed by atoms with E-state index in [0.717, 1.165) is 11.3 Å². The number of esters is 1. The lowest BCUT2D eigenvalue weighted by Gasteiger charge is -2.21. The van der Waals surface area contributed by atoms with Gasteiger partial charge in [0.05, 0.1) is 11.1 Å². The maximum absolute atomic E-state index is 12.7. The molecule has 1 N–H and O–H groups in total. The molecule has 1 aromatic heterocycles. The second-order valence-electron chi connectivity index (χ2n) is 7.58. The Morgan fingerprint density at radius 2 is 1.77 bits per heavy atom. The summed E-state index contributed by atoms with van der Waals surface area (Å²) >= 11 is 0. The molecule has 0 radical (unpaired) electrons. The third kappa shape index (κ3) is 5.15. The van der Waals surface area contributed by atoms with Crippen molar-refractivity contribution in [3.63, 3.8) is 0 Å². The summed E-state index contributed by atoms with van der Waals surface area (Å²) in [5.74, 6) is -0.230. The van der Waals surface area contributed by atoms with Crippen LogP contribution in [-0.2, 0) is 4.74 Å². The average molecular weight is 354 g/mol. The fourth-order valence-electron chi connectivity index (χ4n) is 2.42. The first kappa shape index (κ1) is 19.6. The number of nitrogens with one attached hydrogen (secondary N) is 1. The summed E-state index contributed by atoms with van der Waals surface area (Å²) in [7, 11) is 0. The summed E-state index contributed by atoms with van der Waals surface area (Å²) in [4.78, 5) is 29.7. The maximum atomic E-state index is 12.7. The number of carbonyl (C=O) groups excluding carboxylic acids is 2. The molecule has 0 saturated carbocycles. The molecule has 0 spiro atoms. The van der Waals surface area contributed by atoms with Gasteiger partial charge in [-0.05, 0) is 63.4 Å². The van der Waals surface area contributed by atoms with Gasteiger partial charge in [0, 0.05) is 5.69 Å². The van der Waals surface area contributed by atoms with Crippen LogP contribution in [0.25, 0.3) is 0 Å². The van der Waals surface area contributed by atoms with Crippen LogP contribution in [0.1, 0.15) is 72.5 Å². The number of carbonyl (C=O) groups is 2. The van der Waals surface area contributed by atoms with Crippen molar-refractivity contribution in [2.75, 3.05) is 5.32 Å². The number of aryl methyl sites for hydroxylation is 1. The van der Waals surface area contributed by atoms with Crippen LogP contribution in [-0.4, -0.2) is 22.5 Å². The van der Waals surface area contributed by atoms with E-state index in [1.807, 2.05) is 39.0 Å². The van der Waals surface area contributed by atoms with Crippen molar-refractivity contribution in [3.8, 4) is 0 Å². The van der Waals surface area contributed by atoms with Gasteiger partial charge in [0.15, 0.2) is 0 Å². The molecule has 0 bridgehead atoms. The van der Waals surface area contributed by atoms with Crippen LogP contribution in [0.15, 0.2) is 36.4 Å². The molecule has 2 aromatic rings. The Labute approximate surface area is 154 Å². The van der Waals surface area contributed by atoms with Crippen LogP contribution in [0.2, 0.25) is 0 Å². The molecule has 1 amide bonds. The predicted molar refractivity (Wildman–Crippen MR) is 103 cm³/mol. The number of hydrogen-bond donors (Lipinski definition) is 1. The highest BCUT2D eigenvalue weighted by Gasteiger charge is 2.24. The van der Waals surface area contributed by atoms with E-state index in [1.165, 1.54) is 0 Å². The zero-order chi connectivity index (χ0) is 19.5. The van der Waals surface area contributed by atoms with Gasteiger partial charge in [-0.1, -0.05) is 26.0 Å². The third-order valence-electron chi connectivity index (χ3n) is 3.70. The molecule has 138 valence electrons. The van der Waals surface area contributed by atoms with Gasteiger partial charge < -0.3 is 10.1 Å². The number of pyridine rings is 1. The topological polar surface area (TPSA) is 68.3 Å². The Morgan fingerprint density at radius 3 is 2.35 bits per heavy atom. The minimum atomic E-state index is -0.642. The van der Waals surface area contributed by atoms with Crippen molar-refractivity contribution in [1.82, 2.24) is 4.98 Å². The predicted octanol–water partition coefficient (Wildman–Crippen LogP) is 4.72. The fourth-order valence-corrected chi connectivity index (χ4v) is 2.42. The number of anilines is 1. The zero-order valence-corrected chi connectivity index (χ0v) is 16.2. The van der Waals surface area contributed by atoms with Crippen molar-refractivity contribution in [1.29, 1.82) is 0 Å². The molecule has 26 heavy (non-hydrogen) atoms. The molecular formula is C21H26N2O3. The minimum Gasteiger partial charge on any atom is -0.456 e. The molecule has 5 heteroatoms. The SMILES string of the molecule is Cc1cccc(NC(=O)c2ccc(C(C)C)cc2C(=O)OC(C)(C)C)n1. The van der Waals surface area contributed by atoms with Crippen LogP contribution in [0, 0.1) is 6.92 Å². The molecule has 0 aliphatic carbocycles. The molecule has 0 atom stereocenters. The van der Waals surface area contributed by atoms with E-state index in [0.29, 0.717) is 5.82 Å². The Bertz CT molecular complexity index is 820. The van der Waals surface area contributed by atoms with E-state index in [4.69, 9.17) is 4.74 Å². The summed E-state index contributed by atoms with van der Waals surface area (Å²) in [5.41, 5.74) is 1.65. The van der Waals surface area contributed by atoms with Crippen LogP contribution in [0.4, 0.5) is 5.82 Å². The molecule has 0 saturated heterocycles. The highest BCUT2D eigenvalue weighted by atomic mass is 16.6. The summed E-state index contributed by atoms with van der Waals surface area (Å²) in [6.45, 7) is 11.3. The van der Waals surface area contributed by atoms with E-state index in [-0.39, 0.29) is 23.0 Å². The first-order valence-electron chi connectivity index (χ1n) is 8.69. The van der Waals surface area contributed by atoms with Crippen molar-refractivity contribution < 1.29 is 14.3 Å². The van der Waals surface area contributed by atoms with Gasteiger partial charge >= 0.3 is 5.97 Å². The van der Waals surface area contributed by atoms with E-state index in [2.05, 4.69) is 10.3 Å². The number of amides is 1. The van der Waals surface area contributed by atoms with Crippen molar-refractivity contribution in [2.45, 2.75) is 53.1 Å². The van der Waals surface area contributed by atoms with Gasteiger partial charge in [-0.15, -0.1) is 0 Å². The second kappa shape index (κ2) is 7.68. The number of rotatable bonds is 4. The number of aromatic nitrogens is 1. The smallest absolute Gasteiger partial charge is 0.339 e. The van der Waals surface area contributed by atoms with Crippen molar-refractivity contribution in [2.24, 2.45) is 0 Å². The number of nitrogens with zero attached hydrogens (tertiary/aromatic N) is 1. The Balaban J connectivity index is 2.39. The first-order valence-corrected chi connectivity index (χ1v) is 8.69. The summed E-state index contributed by atoms with van der Waals surface area (Å²) < 4.78 is 5.48. The Kier molecular flexibility index (Phi) is 5.80. The molecule has 0 aliphatic heterocycles. The molecular weight excluding hydrogens is 328 g/mol. The van der Waals surface area contributed by atoms with Crippen LogP contribution in [0.5, 0.6) is 0 Å². The van der Waals surface area contributed by atoms with Crippen LogP contribution in [0.3, 0.4) is 0 Å². The molecule has 2 rings (SSSR count). The summed E-state index contributed by atoms with van der Waals surface area (Å²) in [6.07, 6.45) is 0. The van der Waals surface area contributed by atoms with E-state index in [9.17, 15) is 9.59 Å². The number of benzene rings is 1.